The Morgan fingerprint density at radius 3 is 3.20 bits per heavy atom. The molecule has 2 rings (SSSR count). The van der Waals surface area contributed by atoms with Crippen LogP contribution in [0.4, 0.5) is 0 Å². The van der Waals surface area contributed by atoms with Crippen LogP contribution in [-0.2, 0) is 0 Å². The van der Waals surface area contributed by atoms with Crippen LogP contribution in [0.3, 0.4) is 0 Å². The van der Waals surface area contributed by atoms with Gasteiger partial charge in [0.25, 0.3) is 0 Å². The largest absolute Gasteiger partial charge is 0.385 e. The molecule has 0 bridgehead atoms. The molecule has 0 amide bonds. The van der Waals surface area contributed by atoms with Crippen molar-refractivity contribution in [2.75, 3.05) is 6.54 Å². The number of H-pyrrole nitrogens is 1. The maximum atomic E-state index is 3.18. The standard InChI is InChI=1S/C8H10N2/c1-6-4-9-5-8-7(6)2-3-10-8/h2-3,5,9-10H,4H2,1H3. The molecule has 1 aliphatic heterocycles. The van der Waals surface area contributed by atoms with Crippen LogP contribution in [0.2, 0.25) is 0 Å². The summed E-state index contributed by atoms with van der Waals surface area (Å²) in [4.78, 5) is 3.15. The maximum absolute atomic E-state index is 3.18. The van der Waals surface area contributed by atoms with Gasteiger partial charge < -0.3 is 10.3 Å². The van der Waals surface area contributed by atoms with Gasteiger partial charge in [0.1, 0.15) is 0 Å². The number of fused-ring (bicyclic) bond motifs is 1. The molecule has 0 radical (unpaired) electrons. The first kappa shape index (κ1) is 5.59. The van der Waals surface area contributed by atoms with Gasteiger partial charge in [0.2, 0.25) is 0 Å². The fourth-order valence-electron chi connectivity index (χ4n) is 1.28. The van der Waals surface area contributed by atoms with E-state index in [1.807, 2.05) is 12.4 Å². The molecule has 0 unspecified atom stereocenters. The molecule has 0 atom stereocenters. The summed E-state index contributed by atoms with van der Waals surface area (Å²) in [6.45, 7) is 3.12. The van der Waals surface area contributed by atoms with Crippen LogP contribution < -0.4 is 15.9 Å². The van der Waals surface area contributed by atoms with E-state index in [1.54, 1.807) is 0 Å². The smallest absolute Gasteiger partial charge is 0.0613 e. The fraction of sp³-hybridized carbons (Fsp3) is 0.250. The lowest BCUT2D eigenvalue weighted by Gasteiger charge is -2.04. The summed E-state index contributed by atoms with van der Waals surface area (Å²) >= 11 is 0. The van der Waals surface area contributed by atoms with Crippen molar-refractivity contribution in [2.24, 2.45) is 0 Å². The van der Waals surface area contributed by atoms with E-state index in [1.165, 1.54) is 16.1 Å². The van der Waals surface area contributed by atoms with Gasteiger partial charge in [0.15, 0.2) is 0 Å². The summed E-state index contributed by atoms with van der Waals surface area (Å²) in [5.41, 5.74) is 1.40. The molecule has 0 spiro atoms. The highest BCUT2D eigenvalue weighted by Crippen LogP contribution is 1.87. The van der Waals surface area contributed by atoms with Crippen molar-refractivity contribution in [1.29, 1.82) is 0 Å². The van der Waals surface area contributed by atoms with Crippen LogP contribution in [0.1, 0.15) is 6.92 Å². The van der Waals surface area contributed by atoms with E-state index < -0.39 is 0 Å². The van der Waals surface area contributed by atoms with Gasteiger partial charge in [-0.1, -0.05) is 0 Å². The van der Waals surface area contributed by atoms with Gasteiger partial charge in [-0.05, 0) is 18.6 Å². The zero-order valence-corrected chi connectivity index (χ0v) is 5.94. The summed E-state index contributed by atoms with van der Waals surface area (Å²) in [7, 11) is 0. The molecule has 2 heteroatoms. The predicted molar refractivity (Wildman–Crippen MR) is 41.6 cm³/mol. The Kier molecular flexibility index (Phi) is 1.07. The molecule has 1 aliphatic rings. The van der Waals surface area contributed by atoms with Crippen molar-refractivity contribution in [3.8, 4) is 0 Å². The van der Waals surface area contributed by atoms with E-state index in [4.69, 9.17) is 0 Å². The molecule has 2 nitrogen and oxygen atoms in total. The van der Waals surface area contributed by atoms with Crippen LogP contribution >= 0.6 is 0 Å². The number of aromatic nitrogens is 1. The Morgan fingerprint density at radius 1 is 1.50 bits per heavy atom. The Morgan fingerprint density at radius 2 is 2.40 bits per heavy atom. The molecular weight excluding hydrogens is 124 g/mol. The van der Waals surface area contributed by atoms with E-state index in [0.29, 0.717) is 0 Å². The van der Waals surface area contributed by atoms with Gasteiger partial charge >= 0.3 is 0 Å². The normalized spacial score (nSPS) is 15.5. The lowest BCUT2D eigenvalue weighted by atomic mass is 10.2. The minimum atomic E-state index is 0.977. The van der Waals surface area contributed by atoms with Gasteiger partial charge in [0, 0.05) is 24.2 Å². The summed E-state index contributed by atoms with van der Waals surface area (Å²) in [5, 5.41) is 5.73. The van der Waals surface area contributed by atoms with Crippen LogP contribution in [0, 0.1) is 0 Å². The number of rotatable bonds is 0. The minimum Gasteiger partial charge on any atom is -0.385 e. The first-order valence-electron chi connectivity index (χ1n) is 3.45. The van der Waals surface area contributed by atoms with Gasteiger partial charge in [-0.25, -0.2) is 0 Å². The van der Waals surface area contributed by atoms with Gasteiger partial charge in [-0.15, -0.1) is 0 Å². The molecule has 10 heavy (non-hydrogen) atoms. The van der Waals surface area contributed by atoms with Crippen LogP contribution in [0.15, 0.2) is 12.3 Å². The van der Waals surface area contributed by atoms with E-state index in [0.717, 1.165) is 6.54 Å². The first-order valence-corrected chi connectivity index (χ1v) is 3.45. The summed E-state index contributed by atoms with van der Waals surface area (Å²) in [6, 6.07) is 2.11. The highest BCUT2D eigenvalue weighted by Gasteiger charge is 1.96. The van der Waals surface area contributed by atoms with Gasteiger partial charge in [-0.2, -0.15) is 0 Å². The average Bonchev–Trinajstić information content (AvgIpc) is 2.36. The lowest BCUT2D eigenvalue weighted by molar-refractivity contribution is 1.01. The van der Waals surface area contributed by atoms with Gasteiger partial charge in [0.05, 0.1) is 5.35 Å². The van der Waals surface area contributed by atoms with E-state index in [9.17, 15) is 0 Å². The Labute approximate surface area is 59.3 Å². The third-order valence-electron chi connectivity index (χ3n) is 1.85. The zero-order chi connectivity index (χ0) is 6.97. The van der Waals surface area contributed by atoms with Crippen molar-refractivity contribution < 1.29 is 0 Å². The van der Waals surface area contributed by atoms with E-state index >= 15 is 0 Å². The maximum Gasteiger partial charge on any atom is 0.0613 e. The molecule has 1 aromatic heterocycles. The Hall–Kier alpha value is -1.18. The zero-order valence-electron chi connectivity index (χ0n) is 5.94. The molecule has 2 N–H and O–H groups in total. The SMILES string of the molecule is CC1=c2cc[nH]c2=CNC1. The van der Waals surface area contributed by atoms with Crippen molar-refractivity contribution >= 4 is 11.8 Å². The molecule has 2 heterocycles. The van der Waals surface area contributed by atoms with Crippen LogP contribution in [0.25, 0.3) is 11.8 Å². The third-order valence-corrected chi connectivity index (χ3v) is 1.85. The molecular formula is C8H10N2. The molecule has 52 valence electrons. The molecule has 1 aromatic rings. The predicted octanol–water partition coefficient (Wildman–Crippen LogP) is -0.474. The van der Waals surface area contributed by atoms with Crippen LogP contribution in [-0.4, -0.2) is 11.5 Å². The number of hydrogen-bond acceptors (Lipinski definition) is 1. The second-order valence-corrected chi connectivity index (χ2v) is 2.61. The topological polar surface area (TPSA) is 27.8 Å². The molecule has 0 aromatic carbocycles. The average molecular weight is 134 g/mol. The summed E-state index contributed by atoms with van der Waals surface area (Å²) in [5.74, 6) is 0. The van der Waals surface area contributed by atoms with E-state index in [-0.39, 0.29) is 0 Å². The molecule has 0 aliphatic carbocycles. The fourth-order valence-corrected chi connectivity index (χ4v) is 1.28. The van der Waals surface area contributed by atoms with Crippen molar-refractivity contribution in [1.82, 2.24) is 10.3 Å². The first-order chi connectivity index (χ1) is 4.88. The third kappa shape index (κ3) is 0.652. The Balaban J connectivity index is 2.91. The Bertz CT molecular complexity index is 346. The van der Waals surface area contributed by atoms with Crippen molar-refractivity contribution in [3.05, 3.63) is 22.8 Å². The van der Waals surface area contributed by atoms with E-state index in [2.05, 4.69) is 23.3 Å². The second-order valence-electron chi connectivity index (χ2n) is 2.61. The number of nitrogens with one attached hydrogen (secondary N) is 2. The van der Waals surface area contributed by atoms with Crippen molar-refractivity contribution in [3.63, 3.8) is 0 Å². The summed E-state index contributed by atoms with van der Waals surface area (Å²) in [6.07, 6.45) is 3.99. The van der Waals surface area contributed by atoms with Crippen LogP contribution in [0.5, 0.6) is 0 Å². The molecule has 0 saturated heterocycles. The summed E-state index contributed by atoms with van der Waals surface area (Å²) < 4.78 is 0. The molecule has 0 fully saturated rings. The van der Waals surface area contributed by atoms with Crippen molar-refractivity contribution in [2.45, 2.75) is 6.92 Å². The van der Waals surface area contributed by atoms with Gasteiger partial charge in [-0.3, -0.25) is 0 Å². The number of aromatic amines is 1. The highest BCUT2D eigenvalue weighted by atomic mass is 14.9. The number of hydrogen-bond donors (Lipinski definition) is 2. The molecule has 0 saturated carbocycles. The monoisotopic (exact) mass is 134 g/mol. The highest BCUT2D eigenvalue weighted by molar-refractivity contribution is 5.48. The quantitative estimate of drug-likeness (QED) is 0.493. The second kappa shape index (κ2) is 1.90. The lowest BCUT2D eigenvalue weighted by Crippen LogP contribution is -2.34. The minimum absolute atomic E-state index is 0.977.